The van der Waals surface area contributed by atoms with Crippen molar-refractivity contribution < 1.29 is 32.7 Å². The van der Waals surface area contributed by atoms with E-state index in [1.165, 1.54) is 25.9 Å². The third-order valence-corrected chi connectivity index (χ3v) is 1.72. The molecule has 1 radical (unpaired) electrons. The van der Waals surface area contributed by atoms with Gasteiger partial charge in [-0.25, -0.2) is 0 Å². The molecular weight excluding hydrogens is 187 g/mol. The van der Waals surface area contributed by atoms with E-state index < -0.39 is 0 Å². The molecule has 0 aromatic rings. The predicted octanol–water partition coefficient (Wildman–Crippen LogP) is 1.16. The summed E-state index contributed by atoms with van der Waals surface area (Å²) in [5, 5.41) is 0. The number of nitrogens with zero attached hydrogens (tertiary/aromatic N) is 1. The van der Waals surface area contributed by atoms with Gasteiger partial charge in [-0.15, -0.1) is 0 Å². The van der Waals surface area contributed by atoms with Gasteiger partial charge in [0.2, 0.25) is 0 Å². The van der Waals surface area contributed by atoms with Gasteiger partial charge in [0.15, 0.2) is 0 Å². The summed E-state index contributed by atoms with van der Waals surface area (Å²) in [5.74, 6) is 0.689. The molecule has 1 atom stereocenters. The third-order valence-electron chi connectivity index (χ3n) is 1.72. The molecule has 1 saturated heterocycles. The van der Waals surface area contributed by atoms with E-state index in [4.69, 9.17) is 0 Å². The van der Waals surface area contributed by atoms with Crippen molar-refractivity contribution in [3.63, 3.8) is 0 Å². The molecule has 1 unspecified atom stereocenters. The monoisotopic (exact) mass is 201 g/mol. The van der Waals surface area contributed by atoms with E-state index in [0.29, 0.717) is 5.92 Å². The fraction of sp³-hybridized carbons (Fsp3) is 0.857. The maximum Gasteiger partial charge on any atom is 0 e. The predicted molar refractivity (Wildman–Crippen MR) is 35.6 cm³/mol. The van der Waals surface area contributed by atoms with Crippen LogP contribution < -0.4 is 0 Å². The zero-order valence-corrected chi connectivity index (χ0v) is 8.98. The summed E-state index contributed by atoms with van der Waals surface area (Å²) in [4.78, 5) is 2.35. The molecule has 0 spiro atoms. The number of hydrogen-bond donors (Lipinski definition) is 0. The molecule has 1 heterocycles. The van der Waals surface area contributed by atoms with E-state index in [1.54, 1.807) is 0 Å². The van der Waals surface area contributed by atoms with Gasteiger partial charge in [0.1, 0.15) is 0 Å². The Morgan fingerprint density at radius 3 is 2.56 bits per heavy atom. The van der Waals surface area contributed by atoms with Crippen molar-refractivity contribution in [1.82, 2.24) is 4.90 Å². The molecule has 1 nitrogen and oxygen atoms in total. The van der Waals surface area contributed by atoms with E-state index in [0.717, 1.165) is 0 Å². The van der Waals surface area contributed by atoms with Gasteiger partial charge in [0, 0.05) is 32.7 Å². The Kier molecular flexibility index (Phi) is 5.38. The number of piperidine rings is 1. The second-order valence-corrected chi connectivity index (χ2v) is 2.77. The Morgan fingerprint density at radius 2 is 2.22 bits per heavy atom. The van der Waals surface area contributed by atoms with Gasteiger partial charge >= 0.3 is 0 Å². The first-order valence-electron chi connectivity index (χ1n) is 3.30. The smallest absolute Gasteiger partial charge is 0 e. The molecule has 0 aromatic heterocycles. The standard InChI is InChI=1S/C7H14N.Y/c1-7-4-3-5-8(2)6-7;/h7H,1,3-6H2,2H3;/q-1;. The van der Waals surface area contributed by atoms with Crippen LogP contribution in [0.4, 0.5) is 0 Å². The molecule has 0 N–H and O–H groups in total. The van der Waals surface area contributed by atoms with Crippen LogP contribution in [0.25, 0.3) is 0 Å². The summed E-state index contributed by atoms with van der Waals surface area (Å²) in [6.07, 6.45) is 2.66. The molecule has 9 heavy (non-hydrogen) atoms. The minimum absolute atomic E-state index is 0. The van der Waals surface area contributed by atoms with E-state index in [1.807, 2.05) is 0 Å². The third kappa shape index (κ3) is 3.69. The Bertz CT molecular complexity index is 67.3. The minimum Gasteiger partial charge on any atom is -0.339 e. The van der Waals surface area contributed by atoms with Crippen LogP contribution in [0.2, 0.25) is 0 Å². The summed E-state index contributed by atoms with van der Waals surface area (Å²) in [7, 11) is 2.16. The minimum atomic E-state index is 0. The van der Waals surface area contributed by atoms with Gasteiger partial charge in [-0.1, -0.05) is 6.42 Å². The van der Waals surface area contributed by atoms with Crippen LogP contribution in [-0.4, -0.2) is 25.0 Å². The Morgan fingerprint density at radius 1 is 1.56 bits per heavy atom. The Labute approximate surface area is 83.1 Å². The number of hydrogen-bond acceptors (Lipinski definition) is 1. The van der Waals surface area contributed by atoms with Crippen molar-refractivity contribution >= 4 is 0 Å². The molecule has 2 heteroatoms. The summed E-state index contributed by atoms with van der Waals surface area (Å²) in [6.45, 7) is 6.47. The maximum atomic E-state index is 4.01. The molecule has 1 aliphatic rings. The molecular formula is C7H14NY-. The van der Waals surface area contributed by atoms with Gasteiger partial charge < -0.3 is 11.8 Å². The molecule has 51 valence electrons. The van der Waals surface area contributed by atoms with Crippen molar-refractivity contribution in [2.24, 2.45) is 5.92 Å². The second-order valence-electron chi connectivity index (χ2n) is 2.77. The van der Waals surface area contributed by atoms with Crippen molar-refractivity contribution in [3.05, 3.63) is 6.92 Å². The average Bonchev–Trinajstić information content (AvgIpc) is 1.64. The Balaban J connectivity index is 0.000000640. The van der Waals surface area contributed by atoms with E-state index in [2.05, 4.69) is 18.9 Å². The summed E-state index contributed by atoms with van der Waals surface area (Å²) in [5.41, 5.74) is 0. The Hall–Kier alpha value is 1.06. The van der Waals surface area contributed by atoms with Crippen LogP contribution >= 0.6 is 0 Å². The fourth-order valence-corrected chi connectivity index (χ4v) is 1.27. The number of likely N-dealkylation sites (tertiary alicyclic amines) is 1. The first kappa shape index (κ1) is 10.1. The van der Waals surface area contributed by atoms with Crippen LogP contribution in [0.1, 0.15) is 12.8 Å². The quantitative estimate of drug-likeness (QED) is 0.531. The summed E-state index contributed by atoms with van der Waals surface area (Å²) < 4.78 is 0. The van der Waals surface area contributed by atoms with Crippen LogP contribution in [0.15, 0.2) is 0 Å². The van der Waals surface area contributed by atoms with Crippen molar-refractivity contribution in [2.45, 2.75) is 12.8 Å². The molecule has 0 bridgehead atoms. The summed E-state index contributed by atoms with van der Waals surface area (Å²) in [6, 6.07) is 0. The first-order valence-corrected chi connectivity index (χ1v) is 3.30. The SMILES string of the molecule is [CH2-]C1CCCN(C)C1.[Y]. The van der Waals surface area contributed by atoms with Gasteiger partial charge in [-0.05, 0) is 26.6 Å². The van der Waals surface area contributed by atoms with Crippen molar-refractivity contribution in [1.29, 1.82) is 0 Å². The van der Waals surface area contributed by atoms with Gasteiger partial charge in [-0.3, -0.25) is 0 Å². The molecule has 1 aliphatic heterocycles. The largest absolute Gasteiger partial charge is 0.339 e. The van der Waals surface area contributed by atoms with Crippen LogP contribution in [0.5, 0.6) is 0 Å². The van der Waals surface area contributed by atoms with Gasteiger partial charge in [0.25, 0.3) is 0 Å². The molecule has 0 saturated carbocycles. The van der Waals surface area contributed by atoms with E-state index >= 15 is 0 Å². The van der Waals surface area contributed by atoms with Crippen LogP contribution in [0.3, 0.4) is 0 Å². The van der Waals surface area contributed by atoms with Crippen LogP contribution in [-0.2, 0) is 32.7 Å². The average molecular weight is 201 g/mol. The van der Waals surface area contributed by atoms with Gasteiger partial charge in [-0.2, -0.15) is 5.92 Å². The summed E-state index contributed by atoms with van der Waals surface area (Å²) >= 11 is 0. The molecule has 1 fully saturated rings. The zero-order chi connectivity index (χ0) is 5.98. The first-order chi connectivity index (χ1) is 3.79. The second kappa shape index (κ2) is 4.81. The van der Waals surface area contributed by atoms with Gasteiger partial charge in [0.05, 0.1) is 0 Å². The maximum absolute atomic E-state index is 4.01. The van der Waals surface area contributed by atoms with Crippen molar-refractivity contribution in [3.8, 4) is 0 Å². The van der Waals surface area contributed by atoms with Crippen molar-refractivity contribution in [2.75, 3.05) is 20.1 Å². The van der Waals surface area contributed by atoms with E-state index in [9.17, 15) is 0 Å². The fourth-order valence-electron chi connectivity index (χ4n) is 1.27. The number of rotatable bonds is 0. The molecule has 0 aromatic carbocycles. The molecule has 0 amide bonds. The topological polar surface area (TPSA) is 3.24 Å². The molecule has 1 rings (SSSR count). The van der Waals surface area contributed by atoms with E-state index in [-0.39, 0.29) is 32.7 Å². The van der Waals surface area contributed by atoms with Crippen LogP contribution in [0, 0.1) is 12.8 Å². The zero-order valence-electron chi connectivity index (χ0n) is 6.14. The normalized spacial score (nSPS) is 29.3. The molecule has 0 aliphatic carbocycles.